The lowest BCUT2D eigenvalue weighted by molar-refractivity contribution is -0.141. The molecule has 20 nitrogen and oxygen atoms in total. The monoisotopic (exact) mass is 942 g/mol. The Balaban J connectivity index is 2.11. The number of rotatable bonds is 20. The predicted molar refractivity (Wildman–Crippen MR) is 243 cm³/mol. The number of ether oxygens (including phenoxy) is 8. The quantitative estimate of drug-likeness (QED) is 0.114. The minimum absolute atomic E-state index is 0.0287. The van der Waals surface area contributed by atoms with Gasteiger partial charge in [0.05, 0.1) is 105 Å². The van der Waals surface area contributed by atoms with Crippen LogP contribution in [0.5, 0.6) is 0 Å². The number of carbonyl (C=O) groups excluding carboxylic acids is 8. The molecule has 20 heteroatoms. The van der Waals surface area contributed by atoms with Gasteiger partial charge in [-0.2, -0.15) is 0 Å². The standard InChI is InChI=1S/C48H54N4O16/c1-61-41(53)13-9-25-29(17-45(57)65-5)37-23-38-31(19-47(59)67-7)27(11-15-43(55)63-3)35(51-38)22-36-28(12-16-44(56)64-4)32(20-48(60)68-8)40(52-36)24-39-30(18-46(58)66-6)26(10-14-42(54)62-2)34(50-39)21-33(25)49-37/h21-24,49,51H,9-20H2,1-8H3. The van der Waals surface area contributed by atoms with Crippen LogP contribution in [0.1, 0.15) is 96.4 Å². The summed E-state index contributed by atoms with van der Waals surface area (Å²) in [6, 6.07) is 6.57. The Hall–Kier alpha value is -7.64. The highest BCUT2D eigenvalue weighted by molar-refractivity contribution is 6.03. The van der Waals surface area contributed by atoms with Crippen LogP contribution in [-0.4, -0.2) is 125 Å². The zero-order chi connectivity index (χ0) is 49.7. The number of nitrogens with zero attached hydrogens (tertiary/aromatic N) is 2. The van der Waals surface area contributed by atoms with Crippen LogP contribution in [0.4, 0.5) is 0 Å². The van der Waals surface area contributed by atoms with Gasteiger partial charge >= 0.3 is 47.8 Å². The lowest BCUT2D eigenvalue weighted by Gasteiger charge is -2.09. The number of aromatic nitrogens is 4. The molecule has 0 spiro atoms. The van der Waals surface area contributed by atoms with Crippen molar-refractivity contribution in [2.45, 2.75) is 77.0 Å². The Morgan fingerprint density at radius 1 is 0.338 bits per heavy atom. The van der Waals surface area contributed by atoms with Crippen LogP contribution in [0, 0.1) is 0 Å². The van der Waals surface area contributed by atoms with Gasteiger partial charge in [0.15, 0.2) is 0 Å². The van der Waals surface area contributed by atoms with Crippen molar-refractivity contribution >= 4 is 92.1 Å². The van der Waals surface area contributed by atoms with E-state index in [-0.39, 0.29) is 99.8 Å². The van der Waals surface area contributed by atoms with Gasteiger partial charge in [0.25, 0.3) is 0 Å². The van der Waals surface area contributed by atoms with Gasteiger partial charge in [-0.05, 0) is 94.5 Å². The SMILES string of the molecule is COC(=O)CCC1=C(CC(=O)OC)c2cc3nc(cc4[nH]c(cc5[nH]c(cc1n2)c(CCC(=O)OC)c5CC(=O)OC)c(CC(=O)OC)c4CCC(=O)OC)C(CCC(=O)OC)=C3CC(=O)OC. The number of hydrogen-bond donors (Lipinski definition) is 2. The molecule has 3 aromatic heterocycles. The molecule has 0 saturated heterocycles. The number of methoxy groups -OCH3 is 8. The molecule has 8 bridgehead atoms. The third kappa shape index (κ3) is 12.4. The summed E-state index contributed by atoms with van der Waals surface area (Å²) in [5, 5.41) is 0. The Bertz CT molecular complexity index is 2560. The molecule has 0 radical (unpaired) electrons. The van der Waals surface area contributed by atoms with Crippen LogP contribution in [0.25, 0.3) is 44.4 Å². The minimum Gasteiger partial charge on any atom is -0.469 e. The van der Waals surface area contributed by atoms with E-state index >= 15 is 0 Å². The Morgan fingerprint density at radius 3 is 0.941 bits per heavy atom. The smallest absolute Gasteiger partial charge is 0.310 e. The van der Waals surface area contributed by atoms with E-state index in [1.807, 2.05) is 0 Å². The number of carbonyl (C=O) groups is 8. The first-order valence-electron chi connectivity index (χ1n) is 21.4. The summed E-state index contributed by atoms with van der Waals surface area (Å²) < 4.78 is 40.4. The third-order valence-corrected chi connectivity index (χ3v) is 11.6. The van der Waals surface area contributed by atoms with E-state index in [2.05, 4.69) is 9.97 Å². The highest BCUT2D eigenvalue weighted by Crippen LogP contribution is 2.41. The van der Waals surface area contributed by atoms with Crippen molar-refractivity contribution in [2.75, 3.05) is 56.9 Å². The molecule has 0 amide bonds. The number of aromatic amines is 2. The molecule has 5 rings (SSSR count). The number of nitrogens with one attached hydrogen (secondary N) is 2. The van der Waals surface area contributed by atoms with Crippen molar-refractivity contribution in [2.24, 2.45) is 0 Å². The van der Waals surface area contributed by atoms with Gasteiger partial charge in [0, 0.05) is 47.8 Å². The lowest BCUT2D eigenvalue weighted by Crippen LogP contribution is -2.08. The fourth-order valence-electron chi connectivity index (χ4n) is 8.02. The average Bonchev–Trinajstić information content (AvgIpc) is 4.04. The van der Waals surface area contributed by atoms with Gasteiger partial charge in [0.2, 0.25) is 0 Å². The fourth-order valence-corrected chi connectivity index (χ4v) is 8.02. The molecule has 0 aliphatic carbocycles. The summed E-state index contributed by atoms with van der Waals surface area (Å²) in [6.07, 6.45) is -1.52. The van der Waals surface area contributed by atoms with Crippen molar-refractivity contribution < 1.29 is 76.3 Å². The van der Waals surface area contributed by atoms with E-state index in [0.29, 0.717) is 66.6 Å². The topological polar surface area (TPSA) is 268 Å². The second kappa shape index (κ2) is 23.7. The van der Waals surface area contributed by atoms with E-state index in [4.69, 9.17) is 47.9 Å². The van der Waals surface area contributed by atoms with E-state index in [1.54, 1.807) is 24.3 Å². The molecule has 0 unspecified atom stereocenters. The molecule has 0 saturated carbocycles. The third-order valence-electron chi connectivity index (χ3n) is 11.6. The summed E-state index contributed by atoms with van der Waals surface area (Å²) in [5.41, 5.74) is 5.90. The summed E-state index contributed by atoms with van der Waals surface area (Å²) in [5.74, 6) is -4.68. The normalized spacial score (nSPS) is 12.0. The first kappa shape index (κ1) is 51.3. The van der Waals surface area contributed by atoms with E-state index < -0.39 is 47.8 Å². The molecule has 0 atom stereocenters. The molecule has 3 aromatic rings. The van der Waals surface area contributed by atoms with Gasteiger partial charge in [-0.15, -0.1) is 0 Å². The Labute approximate surface area is 390 Å². The van der Waals surface area contributed by atoms with Crippen LogP contribution in [0.2, 0.25) is 0 Å². The number of hydrogen-bond acceptors (Lipinski definition) is 18. The van der Waals surface area contributed by atoms with Crippen LogP contribution in [0.15, 0.2) is 24.3 Å². The van der Waals surface area contributed by atoms with Crippen LogP contribution >= 0.6 is 0 Å². The van der Waals surface area contributed by atoms with Gasteiger partial charge < -0.3 is 47.9 Å². The molecule has 2 aliphatic rings. The van der Waals surface area contributed by atoms with Gasteiger partial charge in [0.1, 0.15) is 0 Å². The number of esters is 8. The van der Waals surface area contributed by atoms with Crippen molar-refractivity contribution in [3.63, 3.8) is 0 Å². The van der Waals surface area contributed by atoms with Crippen LogP contribution in [-0.2, 0) is 102 Å². The number of H-pyrrole nitrogens is 2. The maximum Gasteiger partial charge on any atom is 0.310 e. The highest BCUT2D eigenvalue weighted by Gasteiger charge is 2.29. The number of fused-ring (bicyclic) bond motifs is 8. The molecule has 5 heterocycles. The Kier molecular flexibility index (Phi) is 17.9. The molecule has 2 aliphatic heterocycles. The number of allylic oxidation sites excluding steroid dienone is 2. The average molecular weight is 943 g/mol. The van der Waals surface area contributed by atoms with Crippen molar-refractivity contribution in [1.29, 1.82) is 0 Å². The summed E-state index contributed by atoms with van der Waals surface area (Å²) >= 11 is 0. The van der Waals surface area contributed by atoms with Gasteiger partial charge in [-0.3, -0.25) is 38.4 Å². The zero-order valence-electron chi connectivity index (χ0n) is 39.2. The molecule has 2 N–H and O–H groups in total. The second-order valence-electron chi connectivity index (χ2n) is 15.4. The van der Waals surface area contributed by atoms with Crippen LogP contribution in [0.3, 0.4) is 0 Å². The van der Waals surface area contributed by atoms with Crippen molar-refractivity contribution in [3.05, 3.63) is 69.3 Å². The zero-order valence-corrected chi connectivity index (χ0v) is 39.2. The van der Waals surface area contributed by atoms with Crippen molar-refractivity contribution in [1.82, 2.24) is 19.9 Å². The Morgan fingerprint density at radius 2 is 0.618 bits per heavy atom. The number of aryl methyl sites for hydroxylation is 2. The highest BCUT2D eigenvalue weighted by atomic mass is 16.5. The summed E-state index contributed by atoms with van der Waals surface area (Å²) in [7, 11) is 9.91. The minimum atomic E-state index is -0.637. The molecular weight excluding hydrogens is 889 g/mol. The van der Waals surface area contributed by atoms with E-state index in [9.17, 15) is 38.4 Å². The van der Waals surface area contributed by atoms with E-state index in [0.717, 1.165) is 0 Å². The molecule has 0 aromatic carbocycles. The molecule has 362 valence electrons. The second-order valence-corrected chi connectivity index (χ2v) is 15.4. The van der Waals surface area contributed by atoms with Crippen LogP contribution < -0.4 is 0 Å². The van der Waals surface area contributed by atoms with E-state index in [1.165, 1.54) is 56.9 Å². The predicted octanol–water partition coefficient (Wildman–Crippen LogP) is 4.81. The van der Waals surface area contributed by atoms with Gasteiger partial charge in [-0.25, -0.2) is 9.97 Å². The molecule has 0 fully saturated rings. The molecule has 68 heavy (non-hydrogen) atoms. The first-order valence-corrected chi connectivity index (χ1v) is 21.4. The maximum atomic E-state index is 13.2. The molecular formula is C48H54N4O16. The van der Waals surface area contributed by atoms with Gasteiger partial charge in [-0.1, -0.05) is 0 Å². The fraction of sp³-hybridized carbons (Fsp3) is 0.417. The summed E-state index contributed by atoms with van der Waals surface area (Å²) in [4.78, 5) is 120. The van der Waals surface area contributed by atoms with Crippen molar-refractivity contribution in [3.8, 4) is 0 Å². The summed E-state index contributed by atoms with van der Waals surface area (Å²) in [6.45, 7) is 0. The lowest BCUT2D eigenvalue weighted by atomic mass is 9.95. The largest absolute Gasteiger partial charge is 0.469 e. The maximum absolute atomic E-state index is 13.2. The first-order chi connectivity index (χ1) is 32.6.